The summed E-state index contributed by atoms with van der Waals surface area (Å²) < 4.78 is 52.9. The van der Waals surface area contributed by atoms with Crippen LogP contribution in [0.25, 0.3) is 0 Å². The van der Waals surface area contributed by atoms with Crippen LogP contribution in [0.1, 0.15) is 11.1 Å². The molecule has 7 heteroatoms. The summed E-state index contributed by atoms with van der Waals surface area (Å²) in [4.78, 5) is 3.99. The second-order valence-corrected chi connectivity index (χ2v) is 4.55. The van der Waals surface area contributed by atoms with Crippen LogP contribution in [0.3, 0.4) is 0 Å². The Labute approximate surface area is 113 Å². The van der Waals surface area contributed by atoms with E-state index in [1.54, 1.807) is 0 Å². The van der Waals surface area contributed by atoms with Crippen molar-refractivity contribution in [2.75, 3.05) is 13.1 Å². The van der Waals surface area contributed by atoms with E-state index < -0.39 is 28.7 Å². The molecule has 1 aromatic rings. The highest BCUT2D eigenvalue weighted by Gasteiger charge is 2.41. The number of nitrogens with zero attached hydrogens (tertiary/aromatic N) is 1. The molecule has 0 aliphatic carbocycles. The van der Waals surface area contributed by atoms with E-state index in [2.05, 4.69) is 4.99 Å². The van der Waals surface area contributed by atoms with Crippen molar-refractivity contribution in [2.45, 2.75) is 11.7 Å². The van der Waals surface area contributed by atoms with Gasteiger partial charge in [-0.2, -0.15) is 13.2 Å². The van der Waals surface area contributed by atoms with Gasteiger partial charge in [0, 0.05) is 17.8 Å². The van der Waals surface area contributed by atoms with Gasteiger partial charge in [0.05, 0.1) is 17.6 Å². The van der Waals surface area contributed by atoms with E-state index in [1.165, 1.54) is 12.2 Å². The maximum atomic E-state index is 13.9. The molecular weight excluding hydrogens is 274 g/mol. The number of benzene rings is 1. The Kier molecular flexibility index (Phi) is 3.66. The van der Waals surface area contributed by atoms with Gasteiger partial charge in [0.2, 0.25) is 0 Å². The van der Waals surface area contributed by atoms with Gasteiger partial charge in [-0.3, -0.25) is 4.99 Å². The predicted octanol–water partition coefficient (Wildman–Crippen LogP) is 1.97. The Bertz CT molecular complexity index is 577. The molecule has 1 aromatic carbocycles. The average molecular weight is 287 g/mol. The third-order valence-electron chi connectivity index (χ3n) is 3.11. The standard InChI is InChI=1S/C13H13F4N3/c14-10-3-1-2-9(13(15,16)17)11(10)12(19)5-4-8(6-18)20-7-12/h1-5H,6-7,18-19H2. The number of alkyl halides is 3. The highest BCUT2D eigenvalue weighted by molar-refractivity contribution is 5.97. The van der Waals surface area contributed by atoms with Crippen LogP contribution in [-0.2, 0) is 11.7 Å². The first-order chi connectivity index (χ1) is 9.28. The van der Waals surface area contributed by atoms with Gasteiger partial charge < -0.3 is 11.5 Å². The van der Waals surface area contributed by atoms with Crippen molar-refractivity contribution in [3.63, 3.8) is 0 Å². The summed E-state index contributed by atoms with van der Waals surface area (Å²) in [6.07, 6.45) is -1.94. The quantitative estimate of drug-likeness (QED) is 0.817. The fourth-order valence-corrected chi connectivity index (χ4v) is 2.11. The topological polar surface area (TPSA) is 64.4 Å². The van der Waals surface area contributed by atoms with Crippen LogP contribution < -0.4 is 11.5 Å². The van der Waals surface area contributed by atoms with Gasteiger partial charge in [0.15, 0.2) is 0 Å². The highest BCUT2D eigenvalue weighted by atomic mass is 19.4. The molecule has 1 heterocycles. The van der Waals surface area contributed by atoms with Gasteiger partial charge in [-0.05, 0) is 18.2 Å². The summed E-state index contributed by atoms with van der Waals surface area (Å²) in [5, 5.41) is 0. The van der Waals surface area contributed by atoms with E-state index in [-0.39, 0.29) is 13.1 Å². The average Bonchev–Trinajstić information content (AvgIpc) is 2.38. The molecule has 0 bridgehead atoms. The molecule has 1 aliphatic rings. The zero-order valence-corrected chi connectivity index (χ0v) is 10.4. The minimum absolute atomic E-state index is 0.149. The third kappa shape index (κ3) is 2.59. The summed E-state index contributed by atoms with van der Waals surface area (Å²) in [5.74, 6) is -1.00. The first kappa shape index (κ1) is 14.7. The zero-order chi connectivity index (χ0) is 15.0. The van der Waals surface area contributed by atoms with E-state index in [0.29, 0.717) is 5.71 Å². The fourth-order valence-electron chi connectivity index (χ4n) is 2.11. The van der Waals surface area contributed by atoms with E-state index in [4.69, 9.17) is 11.5 Å². The summed E-state index contributed by atoms with van der Waals surface area (Å²) in [5.41, 5.74) is 8.50. The van der Waals surface area contributed by atoms with Crippen molar-refractivity contribution in [3.8, 4) is 0 Å². The summed E-state index contributed by atoms with van der Waals surface area (Å²) in [7, 11) is 0. The Morgan fingerprint density at radius 3 is 2.50 bits per heavy atom. The lowest BCUT2D eigenvalue weighted by atomic mass is 9.84. The number of dihydropyridines is 1. The van der Waals surface area contributed by atoms with E-state index >= 15 is 0 Å². The molecule has 0 radical (unpaired) electrons. The minimum Gasteiger partial charge on any atom is -0.325 e. The zero-order valence-electron chi connectivity index (χ0n) is 10.4. The van der Waals surface area contributed by atoms with Crippen molar-refractivity contribution in [1.82, 2.24) is 0 Å². The summed E-state index contributed by atoms with van der Waals surface area (Å²) in [6.45, 7) is -0.0317. The van der Waals surface area contributed by atoms with E-state index in [9.17, 15) is 17.6 Å². The molecule has 3 nitrogen and oxygen atoms in total. The summed E-state index contributed by atoms with van der Waals surface area (Å²) >= 11 is 0. The Balaban J connectivity index is 2.54. The Morgan fingerprint density at radius 2 is 2.00 bits per heavy atom. The molecule has 1 atom stereocenters. The maximum absolute atomic E-state index is 13.9. The molecule has 0 spiro atoms. The molecule has 0 amide bonds. The number of rotatable bonds is 2. The molecule has 20 heavy (non-hydrogen) atoms. The first-order valence-corrected chi connectivity index (χ1v) is 5.85. The number of hydrogen-bond acceptors (Lipinski definition) is 3. The summed E-state index contributed by atoms with van der Waals surface area (Å²) in [6, 6.07) is 2.77. The molecule has 1 aliphatic heterocycles. The van der Waals surface area contributed by atoms with Crippen molar-refractivity contribution >= 4 is 5.71 Å². The molecule has 0 saturated carbocycles. The van der Waals surface area contributed by atoms with Crippen molar-refractivity contribution in [2.24, 2.45) is 16.5 Å². The highest BCUT2D eigenvalue weighted by Crippen LogP contribution is 2.38. The largest absolute Gasteiger partial charge is 0.416 e. The smallest absolute Gasteiger partial charge is 0.325 e. The van der Waals surface area contributed by atoms with Crippen LogP contribution in [-0.4, -0.2) is 18.8 Å². The van der Waals surface area contributed by atoms with Crippen LogP contribution in [0.5, 0.6) is 0 Å². The molecule has 4 N–H and O–H groups in total. The normalized spacial score (nSPS) is 22.8. The lowest BCUT2D eigenvalue weighted by Crippen LogP contribution is -2.43. The first-order valence-electron chi connectivity index (χ1n) is 5.85. The molecule has 2 rings (SSSR count). The monoisotopic (exact) mass is 287 g/mol. The predicted molar refractivity (Wildman–Crippen MR) is 67.8 cm³/mol. The van der Waals surface area contributed by atoms with Crippen LogP contribution in [0, 0.1) is 5.82 Å². The molecule has 0 fully saturated rings. The number of halogens is 4. The Hall–Kier alpha value is -1.73. The molecular formula is C13H13F4N3. The van der Waals surface area contributed by atoms with Gasteiger partial charge in [-0.15, -0.1) is 0 Å². The van der Waals surface area contributed by atoms with Crippen molar-refractivity contribution in [3.05, 3.63) is 47.3 Å². The van der Waals surface area contributed by atoms with E-state index in [1.807, 2.05) is 0 Å². The molecule has 0 aromatic heterocycles. The number of nitrogens with two attached hydrogens (primary N) is 2. The van der Waals surface area contributed by atoms with Crippen LogP contribution in [0.15, 0.2) is 35.3 Å². The SMILES string of the molecule is NCC1=NCC(N)(c2c(F)cccc2C(F)(F)F)C=C1. The van der Waals surface area contributed by atoms with Gasteiger partial charge in [-0.25, -0.2) is 4.39 Å². The van der Waals surface area contributed by atoms with Crippen LogP contribution in [0.4, 0.5) is 17.6 Å². The van der Waals surface area contributed by atoms with Crippen molar-refractivity contribution < 1.29 is 17.6 Å². The molecule has 0 saturated heterocycles. The second-order valence-electron chi connectivity index (χ2n) is 4.55. The van der Waals surface area contributed by atoms with Crippen LogP contribution >= 0.6 is 0 Å². The fraction of sp³-hybridized carbons (Fsp3) is 0.308. The molecule has 1 unspecified atom stereocenters. The van der Waals surface area contributed by atoms with Crippen molar-refractivity contribution in [1.29, 1.82) is 0 Å². The minimum atomic E-state index is -4.69. The Morgan fingerprint density at radius 1 is 1.30 bits per heavy atom. The van der Waals surface area contributed by atoms with Crippen LogP contribution in [0.2, 0.25) is 0 Å². The van der Waals surface area contributed by atoms with E-state index in [0.717, 1.165) is 18.2 Å². The maximum Gasteiger partial charge on any atom is 0.416 e. The molecule has 108 valence electrons. The lowest BCUT2D eigenvalue weighted by molar-refractivity contribution is -0.138. The third-order valence-corrected chi connectivity index (χ3v) is 3.11. The lowest BCUT2D eigenvalue weighted by Gasteiger charge is -2.30. The van der Waals surface area contributed by atoms with Gasteiger partial charge in [-0.1, -0.05) is 12.1 Å². The van der Waals surface area contributed by atoms with Gasteiger partial charge in [0.1, 0.15) is 5.82 Å². The number of aliphatic imine (C=N–C) groups is 1. The second kappa shape index (κ2) is 4.99. The van der Waals surface area contributed by atoms with Gasteiger partial charge >= 0.3 is 6.18 Å². The van der Waals surface area contributed by atoms with Gasteiger partial charge in [0.25, 0.3) is 0 Å². The number of hydrogen-bond donors (Lipinski definition) is 2.